The summed E-state index contributed by atoms with van der Waals surface area (Å²) >= 11 is 1.16. The van der Waals surface area contributed by atoms with Crippen LogP contribution in [0.15, 0.2) is 95.3 Å². The molecule has 4 aromatic rings. The zero-order valence-electron chi connectivity index (χ0n) is 17.6. The van der Waals surface area contributed by atoms with Crippen molar-refractivity contribution in [1.82, 2.24) is 4.57 Å². The highest BCUT2D eigenvalue weighted by molar-refractivity contribution is 7.92. The number of nitro groups is 1. The predicted octanol–water partition coefficient (Wildman–Crippen LogP) is 4.34. The molecule has 4 rings (SSSR count). The standard InChI is InChI=1S/C23H18N4O5S2/c1-2-14-26-20-13-12-18(27(29)30)15-21(20)33-23(26)24-22(28)16-8-10-17(11-9-16)25-34(31,32)19-6-4-3-5-7-19/h2-13,15,25H,1,14H2. The summed E-state index contributed by atoms with van der Waals surface area (Å²) in [6, 6.07) is 18.3. The lowest BCUT2D eigenvalue weighted by Gasteiger charge is -2.08. The summed E-state index contributed by atoms with van der Waals surface area (Å²) in [7, 11) is -3.75. The molecule has 0 radical (unpaired) electrons. The maximum atomic E-state index is 12.8. The van der Waals surface area contributed by atoms with E-state index < -0.39 is 20.9 Å². The lowest BCUT2D eigenvalue weighted by molar-refractivity contribution is -0.384. The molecule has 34 heavy (non-hydrogen) atoms. The zero-order valence-corrected chi connectivity index (χ0v) is 19.3. The monoisotopic (exact) mass is 494 g/mol. The van der Waals surface area contributed by atoms with Gasteiger partial charge in [-0.2, -0.15) is 4.99 Å². The number of amides is 1. The van der Waals surface area contributed by atoms with Crippen molar-refractivity contribution in [1.29, 1.82) is 0 Å². The molecule has 0 aliphatic heterocycles. The number of benzene rings is 3. The van der Waals surface area contributed by atoms with Gasteiger partial charge in [-0.15, -0.1) is 6.58 Å². The van der Waals surface area contributed by atoms with Crippen LogP contribution in [0.25, 0.3) is 10.2 Å². The van der Waals surface area contributed by atoms with Gasteiger partial charge < -0.3 is 4.57 Å². The molecule has 0 spiro atoms. The number of hydrogen-bond acceptors (Lipinski definition) is 6. The molecule has 1 aromatic heterocycles. The van der Waals surface area contributed by atoms with E-state index in [1.54, 1.807) is 34.9 Å². The van der Waals surface area contributed by atoms with Crippen molar-refractivity contribution in [2.24, 2.45) is 4.99 Å². The lowest BCUT2D eigenvalue weighted by Crippen LogP contribution is -2.16. The summed E-state index contributed by atoms with van der Waals surface area (Å²) in [5.74, 6) is -0.531. The first-order chi connectivity index (χ1) is 16.3. The average molecular weight is 495 g/mol. The van der Waals surface area contributed by atoms with Crippen LogP contribution in [0.3, 0.4) is 0 Å². The summed E-state index contributed by atoms with van der Waals surface area (Å²) < 4.78 is 29.8. The Morgan fingerprint density at radius 3 is 2.47 bits per heavy atom. The van der Waals surface area contributed by atoms with E-state index in [0.717, 1.165) is 11.3 Å². The van der Waals surface area contributed by atoms with Crippen molar-refractivity contribution in [2.45, 2.75) is 11.4 Å². The number of allylic oxidation sites excluding steroid dienone is 1. The predicted molar refractivity (Wildman–Crippen MR) is 130 cm³/mol. The van der Waals surface area contributed by atoms with Crippen molar-refractivity contribution in [2.75, 3.05) is 4.72 Å². The first-order valence-corrected chi connectivity index (χ1v) is 12.2. The molecule has 172 valence electrons. The Labute approximate surface area is 198 Å². The number of sulfonamides is 1. The van der Waals surface area contributed by atoms with E-state index in [2.05, 4.69) is 16.3 Å². The van der Waals surface area contributed by atoms with E-state index in [0.29, 0.717) is 27.3 Å². The van der Waals surface area contributed by atoms with Gasteiger partial charge in [-0.1, -0.05) is 35.6 Å². The Balaban J connectivity index is 1.63. The minimum absolute atomic E-state index is 0.0501. The number of fused-ring (bicyclic) bond motifs is 1. The number of thiazole rings is 1. The molecule has 0 aliphatic carbocycles. The molecule has 0 aliphatic rings. The molecule has 9 nitrogen and oxygen atoms in total. The van der Waals surface area contributed by atoms with E-state index in [-0.39, 0.29) is 16.1 Å². The van der Waals surface area contributed by atoms with Crippen LogP contribution in [0, 0.1) is 10.1 Å². The molecular weight excluding hydrogens is 476 g/mol. The maximum absolute atomic E-state index is 12.8. The van der Waals surface area contributed by atoms with E-state index in [1.807, 2.05) is 0 Å². The number of carbonyl (C=O) groups is 1. The average Bonchev–Trinajstić information content (AvgIpc) is 3.16. The van der Waals surface area contributed by atoms with Crippen molar-refractivity contribution < 1.29 is 18.1 Å². The van der Waals surface area contributed by atoms with Gasteiger partial charge in [-0.05, 0) is 42.5 Å². The van der Waals surface area contributed by atoms with Crippen molar-refractivity contribution >= 4 is 48.9 Å². The van der Waals surface area contributed by atoms with Gasteiger partial charge in [0, 0.05) is 29.9 Å². The van der Waals surface area contributed by atoms with Crippen LogP contribution in [0.4, 0.5) is 11.4 Å². The number of carbonyl (C=O) groups excluding carboxylic acids is 1. The number of nitrogens with one attached hydrogen (secondary N) is 1. The molecule has 0 atom stereocenters. The molecule has 3 aromatic carbocycles. The van der Waals surface area contributed by atoms with Crippen LogP contribution in [0.1, 0.15) is 10.4 Å². The van der Waals surface area contributed by atoms with Crippen LogP contribution in [0.5, 0.6) is 0 Å². The van der Waals surface area contributed by atoms with Crippen LogP contribution in [-0.4, -0.2) is 23.8 Å². The summed E-state index contributed by atoms with van der Waals surface area (Å²) in [6.45, 7) is 4.09. The van der Waals surface area contributed by atoms with Gasteiger partial charge in [0.25, 0.3) is 21.6 Å². The molecule has 0 saturated heterocycles. The Hall–Kier alpha value is -4.09. The SMILES string of the molecule is C=CCn1c(=NC(=O)c2ccc(NS(=O)(=O)c3ccccc3)cc2)sc2cc([N+](=O)[O-])ccc21. The van der Waals surface area contributed by atoms with Crippen LogP contribution < -0.4 is 9.52 Å². The van der Waals surface area contributed by atoms with Crippen LogP contribution in [0.2, 0.25) is 0 Å². The number of aromatic nitrogens is 1. The smallest absolute Gasteiger partial charge is 0.279 e. The van der Waals surface area contributed by atoms with Gasteiger partial charge in [0.15, 0.2) is 4.80 Å². The molecular formula is C23H18N4O5S2. The fraction of sp³-hybridized carbons (Fsp3) is 0.0435. The number of nitrogens with zero attached hydrogens (tertiary/aromatic N) is 3. The molecule has 0 bridgehead atoms. The highest BCUT2D eigenvalue weighted by Gasteiger charge is 2.15. The summed E-state index contributed by atoms with van der Waals surface area (Å²) in [5.41, 5.74) is 1.21. The third-order valence-corrected chi connectivity index (χ3v) is 7.26. The third kappa shape index (κ3) is 4.80. The van der Waals surface area contributed by atoms with Gasteiger partial charge in [0.2, 0.25) is 0 Å². The second kappa shape index (κ2) is 9.41. The van der Waals surface area contributed by atoms with Crippen molar-refractivity contribution in [3.8, 4) is 0 Å². The fourth-order valence-electron chi connectivity index (χ4n) is 3.21. The lowest BCUT2D eigenvalue weighted by atomic mass is 10.2. The maximum Gasteiger partial charge on any atom is 0.279 e. The van der Waals surface area contributed by atoms with Gasteiger partial charge in [-0.3, -0.25) is 19.6 Å². The fourth-order valence-corrected chi connectivity index (χ4v) is 5.36. The Bertz CT molecular complexity index is 1570. The Morgan fingerprint density at radius 1 is 1.12 bits per heavy atom. The molecule has 0 fully saturated rings. The van der Waals surface area contributed by atoms with E-state index in [9.17, 15) is 23.3 Å². The largest absolute Gasteiger partial charge is 0.312 e. The van der Waals surface area contributed by atoms with Gasteiger partial charge in [-0.25, -0.2) is 8.42 Å². The number of nitro benzene ring substituents is 1. The summed E-state index contributed by atoms with van der Waals surface area (Å²) in [5, 5.41) is 11.1. The second-order valence-corrected chi connectivity index (χ2v) is 9.80. The van der Waals surface area contributed by atoms with Crippen LogP contribution >= 0.6 is 11.3 Å². The normalized spacial score (nSPS) is 11.9. The van der Waals surface area contributed by atoms with E-state index >= 15 is 0 Å². The van der Waals surface area contributed by atoms with E-state index in [1.165, 1.54) is 48.5 Å². The van der Waals surface area contributed by atoms with E-state index in [4.69, 9.17) is 0 Å². The zero-order chi connectivity index (χ0) is 24.3. The second-order valence-electron chi connectivity index (χ2n) is 7.11. The molecule has 0 unspecified atom stereocenters. The molecule has 1 heterocycles. The highest BCUT2D eigenvalue weighted by Crippen LogP contribution is 2.23. The minimum Gasteiger partial charge on any atom is -0.312 e. The third-order valence-electron chi connectivity index (χ3n) is 4.82. The number of rotatable bonds is 7. The summed E-state index contributed by atoms with van der Waals surface area (Å²) in [6.07, 6.45) is 1.64. The highest BCUT2D eigenvalue weighted by atomic mass is 32.2. The first kappa shape index (κ1) is 23.1. The number of hydrogen-bond donors (Lipinski definition) is 1. The van der Waals surface area contributed by atoms with Crippen molar-refractivity contribution in [3.05, 3.63) is 106 Å². The minimum atomic E-state index is -3.75. The number of anilines is 1. The van der Waals surface area contributed by atoms with Gasteiger partial charge in [0.05, 0.1) is 20.0 Å². The van der Waals surface area contributed by atoms with Crippen LogP contribution in [-0.2, 0) is 16.6 Å². The Kier molecular flexibility index (Phi) is 6.39. The first-order valence-electron chi connectivity index (χ1n) is 9.94. The summed E-state index contributed by atoms with van der Waals surface area (Å²) in [4.78, 5) is 28.1. The quantitative estimate of drug-likeness (QED) is 0.233. The van der Waals surface area contributed by atoms with Gasteiger partial charge in [0.1, 0.15) is 0 Å². The topological polar surface area (TPSA) is 124 Å². The molecule has 1 N–H and O–H groups in total. The van der Waals surface area contributed by atoms with Crippen molar-refractivity contribution in [3.63, 3.8) is 0 Å². The molecule has 11 heteroatoms. The molecule has 1 amide bonds. The Morgan fingerprint density at radius 2 is 1.82 bits per heavy atom. The molecule has 0 saturated carbocycles. The number of non-ortho nitro benzene ring substituents is 1. The van der Waals surface area contributed by atoms with Gasteiger partial charge >= 0.3 is 0 Å².